The molecule has 1 aliphatic rings. The predicted molar refractivity (Wildman–Crippen MR) is 63.8 cm³/mol. The van der Waals surface area contributed by atoms with Crippen molar-refractivity contribution in [2.75, 3.05) is 6.54 Å². The number of carbonyl (C=O) groups excluding carboxylic acids is 2. The van der Waals surface area contributed by atoms with Crippen LogP contribution in [0.25, 0.3) is 0 Å². The van der Waals surface area contributed by atoms with Gasteiger partial charge in [0.2, 0.25) is 0 Å². The Bertz CT molecular complexity index is 477. The molecule has 19 heavy (non-hydrogen) atoms. The van der Waals surface area contributed by atoms with E-state index in [0.717, 1.165) is 5.56 Å². The van der Waals surface area contributed by atoms with E-state index in [1.54, 1.807) is 6.92 Å². The largest absolute Gasteiger partial charge is 0.526 e. The van der Waals surface area contributed by atoms with Gasteiger partial charge in [-0.05, 0) is 17.2 Å². The van der Waals surface area contributed by atoms with Gasteiger partial charge in [0.25, 0.3) is 0 Å². The number of carboxylic acid groups (broad SMARTS) is 1. The van der Waals surface area contributed by atoms with Crippen molar-refractivity contribution in [1.29, 1.82) is 0 Å². The smallest absolute Gasteiger partial charge is 0.371 e. The maximum Gasteiger partial charge on any atom is 0.371 e. The molecule has 0 aliphatic carbocycles. The third kappa shape index (κ3) is 2.91. The number of nitrogens with one attached hydrogen (secondary N) is 1. The average Bonchev–Trinajstić information content (AvgIpc) is 2.71. The number of hydrogen-bond acceptors (Lipinski definition) is 4. The standard InChI is InChI=1S/C13H16N2O4/c1-10(11-6-3-2-4-7-11)19-15(14-13(17)18)9-5-8-12(15)16/h2-4,6-7,10,14H,5,8-9H2,1H3. The molecule has 1 aliphatic heterocycles. The molecular weight excluding hydrogens is 248 g/mol. The van der Waals surface area contributed by atoms with E-state index >= 15 is 0 Å². The van der Waals surface area contributed by atoms with Crippen molar-refractivity contribution in [3.63, 3.8) is 0 Å². The molecule has 1 aromatic carbocycles. The van der Waals surface area contributed by atoms with Gasteiger partial charge in [-0.3, -0.25) is 0 Å². The van der Waals surface area contributed by atoms with Crippen LogP contribution in [0.15, 0.2) is 30.3 Å². The molecular formula is C13H16N2O4. The third-order valence-electron chi connectivity index (χ3n) is 3.15. The van der Waals surface area contributed by atoms with Gasteiger partial charge in [-0.15, -0.1) is 0 Å². The zero-order valence-corrected chi connectivity index (χ0v) is 10.7. The minimum Gasteiger partial charge on any atom is -0.526 e. The molecule has 1 N–H and O–H groups in total. The average molecular weight is 264 g/mol. The molecule has 0 bridgehead atoms. The quantitative estimate of drug-likeness (QED) is 0.810. The Morgan fingerprint density at radius 2 is 2.11 bits per heavy atom. The summed E-state index contributed by atoms with van der Waals surface area (Å²) >= 11 is 0. The predicted octanol–water partition coefficient (Wildman–Crippen LogP) is 0.664. The van der Waals surface area contributed by atoms with Crippen molar-refractivity contribution in [3.05, 3.63) is 35.9 Å². The van der Waals surface area contributed by atoms with Gasteiger partial charge >= 0.3 is 5.91 Å². The van der Waals surface area contributed by atoms with E-state index in [1.165, 1.54) is 0 Å². The lowest BCUT2D eigenvalue weighted by molar-refractivity contribution is -1.07. The highest BCUT2D eigenvalue weighted by Gasteiger charge is 2.46. The molecule has 1 aromatic rings. The number of hydroxylamine groups is 2. The van der Waals surface area contributed by atoms with Gasteiger partial charge in [-0.25, -0.2) is 4.79 Å². The molecule has 6 heteroatoms. The number of nitrogens with zero attached hydrogens (tertiary/aromatic N) is 1. The van der Waals surface area contributed by atoms with Gasteiger partial charge in [0.15, 0.2) is 6.09 Å². The van der Waals surface area contributed by atoms with E-state index in [0.29, 0.717) is 12.8 Å². The van der Waals surface area contributed by atoms with Crippen LogP contribution in [0.4, 0.5) is 4.79 Å². The monoisotopic (exact) mass is 264 g/mol. The topological polar surface area (TPSA) is 78.5 Å². The van der Waals surface area contributed by atoms with Crippen molar-refractivity contribution in [1.82, 2.24) is 5.43 Å². The molecule has 2 amide bonds. The molecule has 6 nitrogen and oxygen atoms in total. The summed E-state index contributed by atoms with van der Waals surface area (Å²) in [5, 5.41) is 10.8. The minimum atomic E-state index is -1.52. The summed E-state index contributed by atoms with van der Waals surface area (Å²) in [6.07, 6.45) is -1.05. The fraction of sp³-hybridized carbons (Fsp3) is 0.385. The molecule has 0 saturated carbocycles. The second-order valence-corrected chi connectivity index (χ2v) is 4.52. The van der Waals surface area contributed by atoms with E-state index in [-0.39, 0.29) is 12.5 Å². The van der Waals surface area contributed by atoms with Crippen LogP contribution in [0.1, 0.15) is 31.4 Å². The van der Waals surface area contributed by atoms with Crippen molar-refractivity contribution in [3.8, 4) is 0 Å². The number of rotatable bonds is 4. The van der Waals surface area contributed by atoms with Crippen LogP contribution in [-0.2, 0) is 9.63 Å². The first-order valence-electron chi connectivity index (χ1n) is 6.17. The summed E-state index contributed by atoms with van der Waals surface area (Å²) in [7, 11) is 0. The highest BCUT2D eigenvalue weighted by Crippen LogP contribution is 2.26. The third-order valence-corrected chi connectivity index (χ3v) is 3.15. The van der Waals surface area contributed by atoms with Crippen LogP contribution < -0.4 is 10.5 Å². The summed E-state index contributed by atoms with van der Waals surface area (Å²) in [4.78, 5) is 28.3. The number of quaternary nitrogens is 1. The van der Waals surface area contributed by atoms with Crippen LogP contribution in [-0.4, -0.2) is 23.3 Å². The Kier molecular flexibility index (Phi) is 3.82. The van der Waals surface area contributed by atoms with Crippen LogP contribution in [0.3, 0.4) is 0 Å². The fourth-order valence-electron chi connectivity index (χ4n) is 2.22. The first-order valence-corrected chi connectivity index (χ1v) is 6.17. The molecule has 102 valence electrons. The van der Waals surface area contributed by atoms with Crippen molar-refractivity contribution >= 4 is 12.0 Å². The number of carbonyl (C=O) groups is 2. The van der Waals surface area contributed by atoms with Gasteiger partial charge in [0, 0.05) is 6.42 Å². The molecule has 2 rings (SSSR count). The Hall–Kier alpha value is -1.92. The summed E-state index contributed by atoms with van der Waals surface area (Å²) < 4.78 is -0.710. The Labute approximate surface area is 111 Å². The van der Waals surface area contributed by atoms with Crippen molar-refractivity contribution < 1.29 is 24.3 Å². The molecule has 2 atom stereocenters. The summed E-state index contributed by atoms with van der Waals surface area (Å²) in [6, 6.07) is 9.32. The van der Waals surface area contributed by atoms with Gasteiger partial charge in [-0.1, -0.05) is 30.3 Å². The minimum absolute atomic E-state index is 0.282. The number of hydrogen-bond donors (Lipinski definition) is 1. The lowest BCUT2D eigenvalue weighted by Gasteiger charge is -2.31. The second kappa shape index (κ2) is 5.38. The molecule has 1 saturated heterocycles. The maximum atomic E-state index is 11.9. The SMILES string of the molecule is CC(O[N+]1(NC(=O)[O-])CCCC1=O)c1ccccc1. The van der Waals surface area contributed by atoms with E-state index in [1.807, 2.05) is 30.3 Å². The Balaban J connectivity index is 2.17. The first kappa shape index (κ1) is 13.5. The highest BCUT2D eigenvalue weighted by atomic mass is 16.8. The molecule has 0 spiro atoms. The lowest BCUT2D eigenvalue weighted by atomic mass is 10.1. The van der Waals surface area contributed by atoms with E-state index in [9.17, 15) is 14.7 Å². The van der Waals surface area contributed by atoms with Gasteiger partial charge in [-0.2, -0.15) is 10.3 Å². The van der Waals surface area contributed by atoms with Crippen LogP contribution in [0.5, 0.6) is 0 Å². The zero-order chi connectivity index (χ0) is 13.9. The van der Waals surface area contributed by atoms with E-state index in [2.05, 4.69) is 5.43 Å². The molecule has 1 heterocycles. The fourth-order valence-corrected chi connectivity index (χ4v) is 2.22. The molecule has 0 radical (unpaired) electrons. The van der Waals surface area contributed by atoms with Gasteiger partial charge in [0.05, 0.1) is 6.42 Å². The zero-order valence-electron chi connectivity index (χ0n) is 10.7. The van der Waals surface area contributed by atoms with E-state index in [4.69, 9.17) is 4.84 Å². The van der Waals surface area contributed by atoms with Crippen LogP contribution >= 0.6 is 0 Å². The number of amides is 2. The van der Waals surface area contributed by atoms with Gasteiger partial charge in [0.1, 0.15) is 12.6 Å². The first-order chi connectivity index (χ1) is 9.03. The molecule has 0 aromatic heterocycles. The molecule has 2 unspecified atom stereocenters. The summed E-state index contributed by atoms with van der Waals surface area (Å²) in [6.45, 7) is 2.06. The number of benzene rings is 1. The van der Waals surface area contributed by atoms with Crippen molar-refractivity contribution in [2.45, 2.75) is 25.9 Å². The van der Waals surface area contributed by atoms with E-state index < -0.39 is 17.0 Å². The second-order valence-electron chi connectivity index (χ2n) is 4.52. The maximum absolute atomic E-state index is 11.9. The normalized spacial score (nSPS) is 24.2. The van der Waals surface area contributed by atoms with Crippen LogP contribution in [0.2, 0.25) is 0 Å². The highest BCUT2D eigenvalue weighted by molar-refractivity contribution is 5.72. The summed E-state index contributed by atoms with van der Waals surface area (Å²) in [5.74, 6) is -0.299. The van der Waals surface area contributed by atoms with Crippen molar-refractivity contribution in [2.24, 2.45) is 0 Å². The Morgan fingerprint density at radius 1 is 1.42 bits per heavy atom. The summed E-state index contributed by atoms with van der Waals surface area (Å²) in [5.41, 5.74) is 2.95. The molecule has 1 fully saturated rings. The Morgan fingerprint density at radius 3 is 2.63 bits per heavy atom. The lowest BCUT2D eigenvalue weighted by Crippen LogP contribution is -2.63. The van der Waals surface area contributed by atoms with Gasteiger partial charge < -0.3 is 9.90 Å². The van der Waals surface area contributed by atoms with Crippen LogP contribution in [0, 0.1) is 0 Å².